The van der Waals surface area contributed by atoms with Gasteiger partial charge in [0.25, 0.3) is 5.91 Å². The van der Waals surface area contributed by atoms with E-state index in [4.69, 9.17) is 4.74 Å². The number of hydrogen-bond acceptors (Lipinski definition) is 4. The Balaban J connectivity index is 2.02. The molecule has 1 aromatic heterocycles. The number of nitrogens with zero attached hydrogens (tertiary/aromatic N) is 3. The number of esters is 1. The van der Waals surface area contributed by atoms with Crippen molar-refractivity contribution < 1.29 is 14.3 Å². The van der Waals surface area contributed by atoms with Crippen LogP contribution in [0, 0.1) is 6.92 Å². The lowest BCUT2D eigenvalue weighted by Gasteiger charge is -2.15. The molecule has 0 fully saturated rings. The fourth-order valence-electron chi connectivity index (χ4n) is 3.51. The summed E-state index contributed by atoms with van der Waals surface area (Å²) in [5.74, 6) is -0.543. The van der Waals surface area contributed by atoms with Crippen LogP contribution in [0.25, 0.3) is 16.8 Å². The predicted octanol–water partition coefficient (Wildman–Crippen LogP) is 3.61. The van der Waals surface area contributed by atoms with Crippen molar-refractivity contribution >= 4 is 11.9 Å². The first-order valence-electron chi connectivity index (χ1n) is 9.22. The highest BCUT2D eigenvalue weighted by Gasteiger charge is 2.31. The molecule has 0 bridgehead atoms. The molecule has 0 saturated carbocycles. The van der Waals surface area contributed by atoms with E-state index < -0.39 is 5.97 Å². The van der Waals surface area contributed by atoms with Gasteiger partial charge in [-0.15, -0.1) is 0 Å². The SMILES string of the molecule is CCOC(=O)c1nn2c(c1-c1ccc(C)cc1)CN(C)C(=O)c1ccccc1-2. The van der Waals surface area contributed by atoms with Gasteiger partial charge in [0.15, 0.2) is 5.69 Å². The van der Waals surface area contributed by atoms with E-state index in [1.165, 1.54) is 0 Å². The van der Waals surface area contributed by atoms with Gasteiger partial charge in [-0.25, -0.2) is 9.48 Å². The van der Waals surface area contributed by atoms with Gasteiger partial charge in [0.2, 0.25) is 0 Å². The molecule has 2 heterocycles. The summed E-state index contributed by atoms with van der Waals surface area (Å²) in [6.07, 6.45) is 0. The summed E-state index contributed by atoms with van der Waals surface area (Å²) < 4.78 is 6.97. The number of rotatable bonds is 3. The average molecular weight is 375 g/mol. The van der Waals surface area contributed by atoms with Gasteiger partial charge < -0.3 is 9.64 Å². The molecule has 0 spiro atoms. The van der Waals surface area contributed by atoms with Gasteiger partial charge >= 0.3 is 5.97 Å². The van der Waals surface area contributed by atoms with Gasteiger partial charge in [-0.1, -0.05) is 42.0 Å². The number of carbonyl (C=O) groups excluding carboxylic acids is 2. The van der Waals surface area contributed by atoms with Crippen LogP contribution >= 0.6 is 0 Å². The quantitative estimate of drug-likeness (QED) is 0.656. The molecule has 0 N–H and O–H groups in total. The third-order valence-electron chi connectivity index (χ3n) is 4.89. The number of hydrogen-bond donors (Lipinski definition) is 0. The van der Waals surface area contributed by atoms with Crippen molar-refractivity contribution in [2.24, 2.45) is 0 Å². The zero-order valence-corrected chi connectivity index (χ0v) is 16.1. The Labute approximate surface area is 163 Å². The number of ether oxygens (including phenoxy) is 1. The molecule has 0 unspecified atom stereocenters. The average Bonchev–Trinajstić information content (AvgIpc) is 3.03. The van der Waals surface area contributed by atoms with Crippen LogP contribution < -0.4 is 0 Å². The lowest BCUT2D eigenvalue weighted by Crippen LogP contribution is -2.25. The molecule has 0 atom stereocenters. The van der Waals surface area contributed by atoms with Gasteiger partial charge in [0, 0.05) is 12.6 Å². The van der Waals surface area contributed by atoms with Gasteiger partial charge in [-0.2, -0.15) is 5.10 Å². The Morgan fingerprint density at radius 3 is 2.57 bits per heavy atom. The molecule has 3 aromatic rings. The van der Waals surface area contributed by atoms with Crippen LogP contribution in [-0.4, -0.2) is 40.2 Å². The van der Waals surface area contributed by atoms with E-state index in [1.54, 1.807) is 29.6 Å². The zero-order valence-electron chi connectivity index (χ0n) is 16.1. The fourth-order valence-corrected chi connectivity index (χ4v) is 3.51. The molecule has 6 heteroatoms. The van der Waals surface area contributed by atoms with E-state index in [2.05, 4.69) is 5.10 Å². The number of fused-ring (bicyclic) bond motifs is 3. The maximum absolute atomic E-state index is 12.8. The van der Waals surface area contributed by atoms with Crippen molar-refractivity contribution in [2.75, 3.05) is 13.7 Å². The Morgan fingerprint density at radius 2 is 1.86 bits per heavy atom. The van der Waals surface area contributed by atoms with E-state index in [0.717, 1.165) is 16.8 Å². The minimum Gasteiger partial charge on any atom is -0.461 e. The highest BCUT2D eigenvalue weighted by atomic mass is 16.5. The highest BCUT2D eigenvalue weighted by Crippen LogP contribution is 2.34. The van der Waals surface area contributed by atoms with Crippen molar-refractivity contribution in [2.45, 2.75) is 20.4 Å². The van der Waals surface area contributed by atoms with Crippen LogP contribution in [0.1, 0.15) is 39.0 Å². The number of benzene rings is 2. The molecular formula is C22H21N3O3. The van der Waals surface area contributed by atoms with Crippen LogP contribution in [0.5, 0.6) is 0 Å². The molecular weight excluding hydrogens is 354 g/mol. The molecule has 2 aromatic carbocycles. The van der Waals surface area contributed by atoms with Gasteiger partial charge in [-0.05, 0) is 31.5 Å². The Kier molecular flexibility index (Phi) is 4.47. The molecule has 6 nitrogen and oxygen atoms in total. The first-order chi connectivity index (χ1) is 13.5. The van der Waals surface area contributed by atoms with Crippen molar-refractivity contribution in [1.82, 2.24) is 14.7 Å². The van der Waals surface area contributed by atoms with Crippen LogP contribution in [0.15, 0.2) is 48.5 Å². The van der Waals surface area contributed by atoms with Crippen LogP contribution in [0.2, 0.25) is 0 Å². The summed E-state index contributed by atoms with van der Waals surface area (Å²) in [6.45, 7) is 4.38. The lowest BCUT2D eigenvalue weighted by atomic mass is 10.0. The second-order valence-electron chi connectivity index (χ2n) is 6.85. The van der Waals surface area contributed by atoms with Crippen molar-refractivity contribution in [3.8, 4) is 16.8 Å². The van der Waals surface area contributed by atoms with Crippen molar-refractivity contribution in [1.29, 1.82) is 0 Å². The second-order valence-corrected chi connectivity index (χ2v) is 6.85. The maximum atomic E-state index is 12.8. The normalized spacial score (nSPS) is 13.0. The smallest absolute Gasteiger partial charge is 0.359 e. The number of aromatic nitrogens is 2. The number of amides is 1. The summed E-state index contributed by atoms with van der Waals surface area (Å²) in [6, 6.07) is 15.2. The monoisotopic (exact) mass is 375 g/mol. The molecule has 1 aliphatic heterocycles. The van der Waals surface area contributed by atoms with E-state index >= 15 is 0 Å². The Morgan fingerprint density at radius 1 is 1.14 bits per heavy atom. The summed E-state index contributed by atoms with van der Waals surface area (Å²) in [4.78, 5) is 27.1. The van der Waals surface area contributed by atoms with Gasteiger partial charge in [-0.3, -0.25) is 4.79 Å². The summed E-state index contributed by atoms with van der Waals surface area (Å²) in [5.41, 5.74) is 4.96. The topological polar surface area (TPSA) is 64.4 Å². The van der Waals surface area contributed by atoms with E-state index in [1.807, 2.05) is 49.4 Å². The van der Waals surface area contributed by atoms with Crippen molar-refractivity contribution in [3.63, 3.8) is 0 Å². The molecule has 1 aliphatic rings. The van der Waals surface area contributed by atoms with Crippen LogP contribution in [-0.2, 0) is 11.3 Å². The number of aryl methyl sites for hydroxylation is 1. The molecule has 0 saturated heterocycles. The highest BCUT2D eigenvalue weighted by molar-refractivity contribution is 6.00. The minimum atomic E-state index is -0.467. The van der Waals surface area contributed by atoms with E-state index in [9.17, 15) is 9.59 Å². The first-order valence-corrected chi connectivity index (χ1v) is 9.22. The minimum absolute atomic E-state index is 0.0753. The summed E-state index contributed by atoms with van der Waals surface area (Å²) in [5, 5.41) is 4.60. The van der Waals surface area contributed by atoms with Gasteiger partial charge in [0.05, 0.1) is 30.1 Å². The third kappa shape index (κ3) is 2.87. The number of carbonyl (C=O) groups is 2. The van der Waals surface area contributed by atoms with Crippen LogP contribution in [0.4, 0.5) is 0 Å². The number of para-hydroxylation sites is 1. The predicted molar refractivity (Wildman–Crippen MR) is 105 cm³/mol. The Hall–Kier alpha value is -3.41. The molecule has 142 valence electrons. The molecule has 28 heavy (non-hydrogen) atoms. The molecule has 1 amide bonds. The second kappa shape index (κ2) is 6.96. The third-order valence-corrected chi connectivity index (χ3v) is 4.89. The zero-order chi connectivity index (χ0) is 19.8. The summed E-state index contributed by atoms with van der Waals surface area (Å²) >= 11 is 0. The molecule has 0 radical (unpaired) electrons. The van der Waals surface area contributed by atoms with Gasteiger partial charge in [0.1, 0.15) is 0 Å². The fraction of sp³-hybridized carbons (Fsp3) is 0.227. The van der Waals surface area contributed by atoms with E-state index in [0.29, 0.717) is 23.4 Å². The van der Waals surface area contributed by atoms with Crippen LogP contribution in [0.3, 0.4) is 0 Å². The standard InChI is InChI=1S/C22H21N3O3/c1-4-28-22(27)20-19(15-11-9-14(2)10-12-15)18-13-24(3)21(26)16-7-5-6-8-17(16)25(18)23-20/h5-12H,4,13H2,1-3H3. The van der Waals surface area contributed by atoms with Crippen molar-refractivity contribution in [3.05, 3.63) is 71.0 Å². The lowest BCUT2D eigenvalue weighted by molar-refractivity contribution is 0.0519. The molecule has 4 rings (SSSR count). The Bertz CT molecular complexity index is 1070. The first kappa shape index (κ1) is 18.0. The maximum Gasteiger partial charge on any atom is 0.359 e. The summed E-state index contributed by atoms with van der Waals surface area (Å²) in [7, 11) is 1.75. The largest absolute Gasteiger partial charge is 0.461 e. The molecule has 0 aliphatic carbocycles. The van der Waals surface area contributed by atoms with E-state index in [-0.39, 0.29) is 18.2 Å².